The van der Waals surface area contributed by atoms with Gasteiger partial charge in [-0.3, -0.25) is 0 Å². The highest BCUT2D eigenvalue weighted by atomic mass is 79.9. The van der Waals surface area contributed by atoms with Gasteiger partial charge in [0.2, 0.25) is 0 Å². The predicted molar refractivity (Wildman–Crippen MR) is 65.2 cm³/mol. The van der Waals surface area contributed by atoms with Crippen molar-refractivity contribution in [3.8, 4) is 0 Å². The lowest BCUT2D eigenvalue weighted by Crippen LogP contribution is -2.24. The second-order valence-corrected chi connectivity index (χ2v) is 5.20. The molecular weight excluding hydrogens is 257 g/mol. The Hall–Kier alpha value is -0.410. The molecule has 0 aliphatic rings. The molecule has 1 nitrogen and oxygen atoms in total. The third-order valence-electron chi connectivity index (χ3n) is 2.26. The smallest absolute Gasteiger partial charge is 0.137 e. The van der Waals surface area contributed by atoms with Crippen LogP contribution < -0.4 is 5.73 Å². The fraction of sp³-hybridized carbons (Fsp3) is 0.500. The molecular formula is C12H17BrFN. The number of benzene rings is 1. The molecule has 0 aliphatic carbocycles. The van der Waals surface area contributed by atoms with Crippen LogP contribution in [-0.2, 0) is 6.42 Å². The van der Waals surface area contributed by atoms with Gasteiger partial charge < -0.3 is 5.73 Å². The van der Waals surface area contributed by atoms with Crippen LogP contribution in [0.25, 0.3) is 0 Å². The number of halogens is 2. The van der Waals surface area contributed by atoms with E-state index in [-0.39, 0.29) is 11.9 Å². The fourth-order valence-electron chi connectivity index (χ4n) is 1.66. The fourth-order valence-corrected chi connectivity index (χ4v) is 1.90. The third-order valence-corrected chi connectivity index (χ3v) is 2.90. The minimum Gasteiger partial charge on any atom is -0.327 e. The van der Waals surface area contributed by atoms with E-state index in [1.165, 1.54) is 0 Å². The van der Waals surface area contributed by atoms with Crippen LogP contribution in [0.3, 0.4) is 0 Å². The molecule has 0 saturated heterocycles. The van der Waals surface area contributed by atoms with Crippen molar-refractivity contribution in [1.82, 2.24) is 0 Å². The maximum Gasteiger partial charge on any atom is 0.137 e. The Labute approximate surface area is 99.0 Å². The molecule has 0 spiro atoms. The second-order valence-electron chi connectivity index (χ2n) is 4.34. The number of hydrogen-bond acceptors (Lipinski definition) is 1. The second kappa shape index (κ2) is 5.61. The van der Waals surface area contributed by atoms with E-state index < -0.39 is 0 Å². The van der Waals surface area contributed by atoms with E-state index in [0.29, 0.717) is 10.4 Å². The molecule has 3 heteroatoms. The SMILES string of the molecule is CC(C)CC(N)Cc1ccc(Br)c(F)c1. The maximum absolute atomic E-state index is 13.2. The highest BCUT2D eigenvalue weighted by molar-refractivity contribution is 9.10. The molecule has 1 aromatic rings. The van der Waals surface area contributed by atoms with Gasteiger partial charge in [-0.2, -0.15) is 0 Å². The topological polar surface area (TPSA) is 26.0 Å². The van der Waals surface area contributed by atoms with Crippen LogP contribution in [0.1, 0.15) is 25.8 Å². The summed E-state index contributed by atoms with van der Waals surface area (Å²) in [4.78, 5) is 0. The third kappa shape index (κ3) is 4.31. The zero-order chi connectivity index (χ0) is 11.4. The van der Waals surface area contributed by atoms with Crippen molar-refractivity contribution in [2.45, 2.75) is 32.7 Å². The summed E-state index contributed by atoms with van der Waals surface area (Å²) < 4.78 is 13.7. The summed E-state index contributed by atoms with van der Waals surface area (Å²) in [6, 6.07) is 5.30. The van der Waals surface area contributed by atoms with Gasteiger partial charge in [-0.05, 0) is 52.4 Å². The quantitative estimate of drug-likeness (QED) is 0.893. The van der Waals surface area contributed by atoms with Gasteiger partial charge in [0.1, 0.15) is 5.82 Å². The Kier molecular flexibility index (Phi) is 4.74. The normalized spacial score (nSPS) is 13.2. The molecule has 1 atom stereocenters. The lowest BCUT2D eigenvalue weighted by atomic mass is 9.98. The highest BCUT2D eigenvalue weighted by Crippen LogP contribution is 2.18. The van der Waals surface area contributed by atoms with E-state index in [2.05, 4.69) is 29.8 Å². The summed E-state index contributed by atoms with van der Waals surface area (Å²) >= 11 is 3.13. The van der Waals surface area contributed by atoms with Crippen LogP contribution in [-0.4, -0.2) is 6.04 Å². The van der Waals surface area contributed by atoms with Crippen molar-refractivity contribution in [2.75, 3.05) is 0 Å². The molecule has 0 fully saturated rings. The van der Waals surface area contributed by atoms with Crippen LogP contribution in [0, 0.1) is 11.7 Å². The van der Waals surface area contributed by atoms with Crippen molar-refractivity contribution in [3.63, 3.8) is 0 Å². The van der Waals surface area contributed by atoms with Crippen LogP contribution in [0.2, 0.25) is 0 Å². The molecule has 0 bridgehead atoms. The van der Waals surface area contributed by atoms with E-state index in [4.69, 9.17) is 5.73 Å². The van der Waals surface area contributed by atoms with Crippen LogP contribution in [0.4, 0.5) is 4.39 Å². The van der Waals surface area contributed by atoms with Crippen LogP contribution in [0.15, 0.2) is 22.7 Å². The molecule has 0 radical (unpaired) electrons. The Morgan fingerprint density at radius 2 is 2.07 bits per heavy atom. The monoisotopic (exact) mass is 273 g/mol. The summed E-state index contributed by atoms with van der Waals surface area (Å²) in [5.74, 6) is 0.365. The lowest BCUT2D eigenvalue weighted by molar-refractivity contribution is 0.492. The van der Waals surface area contributed by atoms with Crippen LogP contribution >= 0.6 is 15.9 Å². The van der Waals surface area contributed by atoms with Crippen LogP contribution in [0.5, 0.6) is 0 Å². The molecule has 0 aliphatic heterocycles. The average molecular weight is 274 g/mol. The van der Waals surface area contributed by atoms with Gasteiger partial charge in [-0.1, -0.05) is 19.9 Å². The number of nitrogens with two attached hydrogens (primary N) is 1. The Balaban J connectivity index is 2.60. The summed E-state index contributed by atoms with van der Waals surface area (Å²) in [5.41, 5.74) is 6.92. The van der Waals surface area contributed by atoms with Gasteiger partial charge in [0.25, 0.3) is 0 Å². The van der Waals surface area contributed by atoms with Crippen molar-refractivity contribution < 1.29 is 4.39 Å². The number of rotatable bonds is 4. The van der Waals surface area contributed by atoms with E-state index in [1.807, 2.05) is 6.07 Å². The largest absolute Gasteiger partial charge is 0.327 e. The molecule has 2 N–H and O–H groups in total. The first kappa shape index (κ1) is 12.7. The minimum atomic E-state index is -0.218. The van der Waals surface area contributed by atoms with E-state index >= 15 is 0 Å². The van der Waals surface area contributed by atoms with Crippen molar-refractivity contribution in [3.05, 3.63) is 34.1 Å². The molecule has 1 aromatic carbocycles. The Morgan fingerprint density at radius 1 is 1.40 bits per heavy atom. The summed E-state index contributed by atoms with van der Waals surface area (Å²) in [6.45, 7) is 4.28. The molecule has 0 saturated carbocycles. The molecule has 84 valence electrons. The van der Waals surface area contributed by atoms with E-state index in [9.17, 15) is 4.39 Å². The zero-order valence-electron chi connectivity index (χ0n) is 9.13. The molecule has 0 heterocycles. The average Bonchev–Trinajstić information content (AvgIpc) is 2.10. The predicted octanol–water partition coefficient (Wildman–Crippen LogP) is 3.50. The first-order valence-electron chi connectivity index (χ1n) is 5.18. The molecule has 15 heavy (non-hydrogen) atoms. The van der Waals surface area contributed by atoms with Gasteiger partial charge in [0.05, 0.1) is 4.47 Å². The molecule has 1 rings (SSSR count). The number of hydrogen-bond donors (Lipinski definition) is 1. The zero-order valence-corrected chi connectivity index (χ0v) is 10.7. The van der Waals surface area contributed by atoms with E-state index in [1.54, 1.807) is 12.1 Å². The lowest BCUT2D eigenvalue weighted by Gasteiger charge is -2.14. The summed E-state index contributed by atoms with van der Waals surface area (Å²) in [6.07, 6.45) is 1.71. The van der Waals surface area contributed by atoms with E-state index in [0.717, 1.165) is 18.4 Å². The van der Waals surface area contributed by atoms with Gasteiger partial charge in [-0.25, -0.2) is 4.39 Å². The standard InChI is InChI=1S/C12H17BrFN/c1-8(2)5-10(15)6-9-3-4-11(13)12(14)7-9/h3-4,7-8,10H,5-6,15H2,1-2H3. The highest BCUT2D eigenvalue weighted by Gasteiger charge is 2.08. The summed E-state index contributed by atoms with van der Waals surface area (Å²) in [7, 11) is 0. The first-order chi connectivity index (χ1) is 6.99. The van der Waals surface area contributed by atoms with Gasteiger partial charge in [0, 0.05) is 6.04 Å². The first-order valence-corrected chi connectivity index (χ1v) is 5.98. The van der Waals surface area contributed by atoms with Crippen molar-refractivity contribution in [1.29, 1.82) is 0 Å². The van der Waals surface area contributed by atoms with Crippen molar-refractivity contribution in [2.24, 2.45) is 11.7 Å². The minimum absolute atomic E-state index is 0.116. The van der Waals surface area contributed by atoms with Gasteiger partial charge in [-0.15, -0.1) is 0 Å². The Bertz CT molecular complexity index is 325. The van der Waals surface area contributed by atoms with Crippen molar-refractivity contribution >= 4 is 15.9 Å². The van der Waals surface area contributed by atoms with Gasteiger partial charge in [0.15, 0.2) is 0 Å². The Morgan fingerprint density at radius 3 is 2.60 bits per heavy atom. The maximum atomic E-state index is 13.2. The molecule has 1 unspecified atom stereocenters. The molecule has 0 aromatic heterocycles. The van der Waals surface area contributed by atoms with Gasteiger partial charge >= 0.3 is 0 Å². The molecule has 0 amide bonds. The summed E-state index contributed by atoms with van der Waals surface area (Å²) in [5, 5.41) is 0.